The van der Waals surface area contributed by atoms with Crippen LogP contribution in [-0.4, -0.2) is 75.2 Å². The van der Waals surface area contributed by atoms with E-state index in [9.17, 15) is 27.9 Å². The molecule has 1 aliphatic carbocycles. The number of likely N-dealkylation sites (tertiary alicyclic amines) is 1. The largest absolute Gasteiger partial charge is 0.389 e. The van der Waals surface area contributed by atoms with Crippen LogP contribution in [0.4, 0.5) is 19.0 Å². The van der Waals surface area contributed by atoms with E-state index in [0.717, 1.165) is 11.3 Å². The van der Waals surface area contributed by atoms with Crippen molar-refractivity contribution in [3.8, 4) is 10.4 Å². The second kappa shape index (κ2) is 11.2. The van der Waals surface area contributed by atoms with Crippen LogP contribution in [0, 0.1) is 6.92 Å². The van der Waals surface area contributed by atoms with Crippen LogP contribution in [0.15, 0.2) is 12.3 Å². The second-order valence-corrected chi connectivity index (χ2v) is 11.7. The standard InChI is InChI=1S/C26H34F3N5O3S/c1-15-12-19(32-18-6-4-5-9-26(18,28)29)30-13-17(15)21-20(24(36)34-10-7-16(27)8-11-34)33-23(38-21)22(35)31-14-25(2,3)37/h12-13,16,18,37H,4-11,14H2,1-3H3,(H,30,32)(H,31,35). The molecule has 0 radical (unpaired) electrons. The fourth-order valence-electron chi connectivity index (χ4n) is 4.64. The van der Waals surface area contributed by atoms with Crippen LogP contribution in [0.5, 0.6) is 0 Å². The maximum atomic E-state index is 14.3. The van der Waals surface area contributed by atoms with Gasteiger partial charge in [0.25, 0.3) is 17.7 Å². The van der Waals surface area contributed by atoms with Gasteiger partial charge in [0.2, 0.25) is 0 Å². The van der Waals surface area contributed by atoms with Gasteiger partial charge < -0.3 is 20.6 Å². The number of halogens is 3. The van der Waals surface area contributed by atoms with Gasteiger partial charge in [0.15, 0.2) is 5.01 Å². The van der Waals surface area contributed by atoms with E-state index in [-0.39, 0.29) is 49.6 Å². The van der Waals surface area contributed by atoms with E-state index in [4.69, 9.17) is 0 Å². The van der Waals surface area contributed by atoms with Crippen molar-refractivity contribution >= 4 is 29.0 Å². The maximum absolute atomic E-state index is 14.3. The normalized spacial score (nSPS) is 20.3. The number of nitrogens with one attached hydrogen (secondary N) is 2. The van der Waals surface area contributed by atoms with Gasteiger partial charge in [-0.15, -0.1) is 11.3 Å². The van der Waals surface area contributed by atoms with Gasteiger partial charge in [0.05, 0.1) is 16.5 Å². The van der Waals surface area contributed by atoms with Crippen LogP contribution < -0.4 is 10.6 Å². The zero-order valence-corrected chi connectivity index (χ0v) is 22.6. The molecule has 2 amide bonds. The fraction of sp³-hybridized carbons (Fsp3) is 0.615. The van der Waals surface area contributed by atoms with Crippen LogP contribution in [0.3, 0.4) is 0 Å². The fourth-order valence-corrected chi connectivity index (χ4v) is 5.69. The summed E-state index contributed by atoms with van der Waals surface area (Å²) < 4.78 is 42.4. The number of amides is 2. The molecule has 1 saturated heterocycles. The summed E-state index contributed by atoms with van der Waals surface area (Å²) in [7, 11) is 0. The zero-order valence-electron chi connectivity index (χ0n) is 21.8. The first-order valence-corrected chi connectivity index (χ1v) is 13.7. The number of rotatable bonds is 7. The highest BCUT2D eigenvalue weighted by atomic mass is 32.1. The summed E-state index contributed by atoms with van der Waals surface area (Å²) in [5.74, 6) is -3.46. The Bertz CT molecular complexity index is 1180. The van der Waals surface area contributed by atoms with Gasteiger partial charge in [-0.3, -0.25) is 9.59 Å². The monoisotopic (exact) mass is 553 g/mol. The van der Waals surface area contributed by atoms with Gasteiger partial charge in [-0.2, -0.15) is 0 Å². The molecule has 1 atom stereocenters. The molecule has 0 spiro atoms. The molecule has 0 aromatic carbocycles. The summed E-state index contributed by atoms with van der Waals surface area (Å²) in [6.07, 6.45) is 2.40. The lowest BCUT2D eigenvalue weighted by Crippen LogP contribution is -2.42. The van der Waals surface area contributed by atoms with Gasteiger partial charge in [0, 0.05) is 37.8 Å². The Balaban J connectivity index is 1.64. The van der Waals surface area contributed by atoms with E-state index < -0.39 is 35.6 Å². The molecule has 2 aromatic heterocycles. The number of piperidine rings is 1. The highest BCUT2D eigenvalue weighted by Crippen LogP contribution is 2.37. The smallest absolute Gasteiger partial charge is 0.280 e. The third-order valence-corrected chi connectivity index (χ3v) is 7.94. The van der Waals surface area contributed by atoms with Gasteiger partial charge in [0.1, 0.15) is 17.7 Å². The first-order chi connectivity index (χ1) is 17.8. The lowest BCUT2D eigenvalue weighted by atomic mass is 9.91. The third-order valence-electron chi connectivity index (χ3n) is 6.86. The number of carbonyl (C=O) groups is 2. The van der Waals surface area contributed by atoms with Gasteiger partial charge >= 0.3 is 0 Å². The number of hydrogen-bond acceptors (Lipinski definition) is 7. The Morgan fingerprint density at radius 2 is 1.95 bits per heavy atom. The maximum Gasteiger partial charge on any atom is 0.280 e. The molecular weight excluding hydrogens is 519 g/mol. The van der Waals surface area contributed by atoms with E-state index >= 15 is 0 Å². The summed E-state index contributed by atoms with van der Waals surface area (Å²) >= 11 is 1.01. The van der Waals surface area contributed by atoms with Crippen molar-refractivity contribution in [3.63, 3.8) is 0 Å². The molecule has 3 N–H and O–H groups in total. The third kappa shape index (κ3) is 6.63. The van der Waals surface area contributed by atoms with E-state index in [1.54, 1.807) is 26.8 Å². The molecule has 3 heterocycles. The van der Waals surface area contributed by atoms with Gasteiger partial charge in [-0.1, -0.05) is 6.42 Å². The zero-order chi connectivity index (χ0) is 27.7. The molecule has 1 unspecified atom stereocenters. The number of anilines is 1. The molecule has 38 heavy (non-hydrogen) atoms. The van der Waals surface area contributed by atoms with Crippen molar-refractivity contribution in [2.24, 2.45) is 0 Å². The Hall–Kier alpha value is -2.73. The minimum Gasteiger partial charge on any atom is -0.389 e. The lowest BCUT2D eigenvalue weighted by Gasteiger charge is -2.32. The Morgan fingerprint density at radius 3 is 2.58 bits per heavy atom. The predicted octanol–water partition coefficient (Wildman–Crippen LogP) is 4.58. The van der Waals surface area contributed by atoms with Gasteiger partial charge in [-0.25, -0.2) is 23.1 Å². The Labute approximate surface area is 224 Å². The quantitative estimate of drug-likeness (QED) is 0.464. The van der Waals surface area contributed by atoms with Crippen molar-refractivity contribution in [2.45, 2.75) is 83.0 Å². The number of pyridine rings is 1. The van der Waals surface area contributed by atoms with E-state index in [1.165, 1.54) is 11.1 Å². The molecule has 2 aromatic rings. The van der Waals surface area contributed by atoms with Gasteiger partial charge in [-0.05, 0) is 58.1 Å². The summed E-state index contributed by atoms with van der Waals surface area (Å²) in [5, 5.41) is 15.5. The molecule has 1 saturated carbocycles. The van der Waals surface area contributed by atoms with Crippen molar-refractivity contribution in [2.75, 3.05) is 25.0 Å². The average molecular weight is 554 g/mol. The number of aliphatic hydroxyl groups is 1. The minimum atomic E-state index is -2.82. The van der Waals surface area contributed by atoms with Crippen LogP contribution in [0.25, 0.3) is 10.4 Å². The molecular formula is C26H34F3N5O3S. The first kappa shape index (κ1) is 28.3. The van der Waals surface area contributed by atoms with Crippen LogP contribution in [-0.2, 0) is 0 Å². The summed E-state index contributed by atoms with van der Waals surface area (Å²) in [6.45, 7) is 5.36. The van der Waals surface area contributed by atoms with E-state index in [2.05, 4.69) is 20.6 Å². The molecule has 2 fully saturated rings. The number of carbonyl (C=O) groups excluding carboxylic acids is 2. The number of aromatic nitrogens is 2. The molecule has 4 rings (SSSR count). The molecule has 8 nitrogen and oxygen atoms in total. The predicted molar refractivity (Wildman–Crippen MR) is 140 cm³/mol. The van der Waals surface area contributed by atoms with Crippen LogP contribution >= 0.6 is 11.3 Å². The molecule has 0 bridgehead atoms. The summed E-state index contributed by atoms with van der Waals surface area (Å²) in [4.78, 5) is 36.9. The summed E-state index contributed by atoms with van der Waals surface area (Å²) in [6, 6.07) is 0.649. The van der Waals surface area contributed by atoms with Crippen LogP contribution in [0.2, 0.25) is 0 Å². The highest BCUT2D eigenvalue weighted by molar-refractivity contribution is 7.17. The number of hydrogen-bond donors (Lipinski definition) is 3. The SMILES string of the molecule is Cc1cc(NC2CCCCC2(F)F)ncc1-c1sc(C(=O)NCC(C)(C)O)nc1C(=O)N1CCC(F)CC1. The topological polar surface area (TPSA) is 107 Å². The molecule has 12 heteroatoms. The number of aryl methyl sites for hydroxylation is 1. The number of thiazole rings is 1. The molecule has 2 aliphatic rings. The minimum absolute atomic E-state index is 0.0131. The van der Waals surface area contributed by atoms with Crippen molar-refractivity contribution in [1.29, 1.82) is 0 Å². The van der Waals surface area contributed by atoms with Crippen molar-refractivity contribution in [1.82, 2.24) is 20.2 Å². The Morgan fingerprint density at radius 1 is 1.24 bits per heavy atom. The molecule has 208 valence electrons. The van der Waals surface area contributed by atoms with Crippen molar-refractivity contribution in [3.05, 3.63) is 28.5 Å². The first-order valence-electron chi connectivity index (χ1n) is 12.9. The molecule has 1 aliphatic heterocycles. The number of alkyl halides is 3. The lowest BCUT2D eigenvalue weighted by molar-refractivity contribution is -0.0449. The highest BCUT2D eigenvalue weighted by Gasteiger charge is 2.41. The second-order valence-electron chi connectivity index (χ2n) is 10.7. The van der Waals surface area contributed by atoms with E-state index in [0.29, 0.717) is 41.1 Å². The van der Waals surface area contributed by atoms with Crippen molar-refractivity contribution < 1.29 is 27.9 Å². The Kier molecular flexibility index (Phi) is 8.32. The van der Waals surface area contributed by atoms with E-state index in [1.807, 2.05) is 0 Å². The summed E-state index contributed by atoms with van der Waals surface area (Å²) in [5.41, 5.74) is 0.146. The van der Waals surface area contributed by atoms with Crippen LogP contribution in [0.1, 0.15) is 78.2 Å². The number of nitrogens with zero attached hydrogens (tertiary/aromatic N) is 3. The average Bonchev–Trinajstić information content (AvgIpc) is 3.29.